The normalized spacial score (nSPS) is 18.4. The Balaban J connectivity index is 0.00000605. The average Bonchev–Trinajstić information content (AvgIpc) is 3.55. The van der Waals surface area contributed by atoms with E-state index >= 15 is 0 Å². The Labute approximate surface area is 347 Å². The average molecular weight is 778 g/mol. The Kier molecular flexibility index (Phi) is 12.8. The van der Waals surface area contributed by atoms with Gasteiger partial charge in [-0.15, -0.1) is 0 Å². The van der Waals surface area contributed by atoms with E-state index in [1.165, 1.54) is 36.4 Å². The van der Waals surface area contributed by atoms with Crippen LogP contribution >= 0.6 is 0 Å². The Morgan fingerprint density at radius 2 is 1.52 bits per heavy atom. The van der Waals surface area contributed by atoms with E-state index in [9.17, 15) is 40.3 Å². The molecule has 2 aromatic carbocycles. The van der Waals surface area contributed by atoms with Crippen molar-refractivity contribution in [2.45, 2.75) is 74.0 Å². The van der Waals surface area contributed by atoms with Gasteiger partial charge in [-0.25, -0.2) is 8.42 Å². The topological polar surface area (TPSA) is 184 Å². The van der Waals surface area contributed by atoms with Crippen LogP contribution in [0.5, 0.6) is 0 Å². The number of imide groups is 1. The van der Waals surface area contributed by atoms with Gasteiger partial charge in [0, 0.05) is 124 Å². The van der Waals surface area contributed by atoms with Gasteiger partial charge in [-0.2, -0.15) is 13.0 Å². The van der Waals surface area contributed by atoms with Crippen LogP contribution in [0.1, 0.15) is 64.5 Å². The van der Waals surface area contributed by atoms with Crippen molar-refractivity contribution in [3.05, 3.63) is 83.6 Å². The molecule has 52 heavy (non-hydrogen) atoms. The standard InChI is InChI=1S/C36H42N4O9S2.K/c1-35(2)26-22-24(50(44,45)46)13-15-28(26)38(5)30(35)10-9-11-31-36(3,4)27-23-25(51(47,48)49)14-16-29(27)39(31)20-8-6-7-12-32(41)37-19-21-40-33(42)17-18-34(40)43;/h9-11,13-18,22-23H,6-8,12,19-21H2,1-5H3,(H2-,37,41,44,45,46,47,48,49);. The number of anilines is 1. The quantitative estimate of drug-likeness (QED) is 0.101. The number of benzene rings is 2. The van der Waals surface area contributed by atoms with Crippen molar-refractivity contribution < 1.29 is 44.9 Å². The molecule has 0 spiro atoms. The second-order valence-electron chi connectivity index (χ2n) is 13.9. The van der Waals surface area contributed by atoms with Crippen molar-refractivity contribution in [1.82, 2.24) is 10.2 Å². The summed E-state index contributed by atoms with van der Waals surface area (Å²) in [6.07, 6.45) is 10.5. The second-order valence-corrected chi connectivity index (χ2v) is 16.7. The monoisotopic (exact) mass is 777 g/mol. The van der Waals surface area contributed by atoms with Gasteiger partial charge in [0.05, 0.1) is 15.2 Å². The minimum Gasteiger partial charge on any atom is -0.744 e. The zero-order valence-corrected chi connectivity index (χ0v) is 34.9. The Hall–Kier alpha value is -2.80. The molecule has 5 rings (SSSR count). The summed E-state index contributed by atoms with van der Waals surface area (Å²) < 4.78 is 71.0. The number of hydrogen-bond donors (Lipinski definition) is 2. The first-order chi connectivity index (χ1) is 23.7. The van der Waals surface area contributed by atoms with E-state index in [1.807, 2.05) is 57.5 Å². The maximum absolute atomic E-state index is 12.4. The number of unbranched alkanes of at least 4 members (excludes halogenated alkanes) is 2. The van der Waals surface area contributed by atoms with E-state index in [-0.39, 0.29) is 86.6 Å². The molecule has 1 radical (unpaired) electrons. The Morgan fingerprint density at radius 3 is 2.15 bits per heavy atom. The summed E-state index contributed by atoms with van der Waals surface area (Å²) in [6, 6.07) is 8.92. The Bertz CT molecular complexity index is 2140. The van der Waals surface area contributed by atoms with Crippen LogP contribution in [-0.2, 0) is 45.4 Å². The number of rotatable bonds is 13. The fourth-order valence-electron chi connectivity index (χ4n) is 7.04. The van der Waals surface area contributed by atoms with Gasteiger partial charge in [-0.1, -0.05) is 26.3 Å². The van der Waals surface area contributed by atoms with Gasteiger partial charge in [-0.05, 0) is 68.7 Å². The van der Waals surface area contributed by atoms with Gasteiger partial charge in [0.15, 0.2) is 5.71 Å². The maximum atomic E-state index is 12.4. The van der Waals surface area contributed by atoms with E-state index < -0.39 is 42.9 Å². The molecule has 2 N–H and O–H groups in total. The van der Waals surface area contributed by atoms with Crippen molar-refractivity contribution in [1.29, 1.82) is 0 Å². The van der Waals surface area contributed by atoms with Crippen LogP contribution in [0.2, 0.25) is 0 Å². The number of allylic oxidation sites excluding steroid dienone is 4. The van der Waals surface area contributed by atoms with Gasteiger partial charge in [0.2, 0.25) is 11.6 Å². The third-order valence-electron chi connectivity index (χ3n) is 9.81. The summed E-state index contributed by atoms with van der Waals surface area (Å²) in [4.78, 5) is 38.4. The molecule has 16 heteroatoms. The number of nitrogens with zero attached hydrogens (tertiary/aromatic N) is 3. The molecule has 0 unspecified atom stereocenters. The molecule has 0 saturated carbocycles. The largest absolute Gasteiger partial charge is 0.744 e. The third-order valence-corrected chi connectivity index (χ3v) is 11.5. The van der Waals surface area contributed by atoms with Crippen molar-refractivity contribution >= 4 is 106 Å². The van der Waals surface area contributed by atoms with Crippen LogP contribution in [0.4, 0.5) is 11.4 Å². The van der Waals surface area contributed by atoms with E-state index in [0.29, 0.717) is 24.9 Å². The molecule has 3 amide bonds. The van der Waals surface area contributed by atoms with Crippen LogP contribution in [0.3, 0.4) is 0 Å². The first-order valence-electron chi connectivity index (χ1n) is 16.5. The maximum Gasteiger partial charge on any atom is 0.294 e. The van der Waals surface area contributed by atoms with Crippen molar-refractivity contribution in [3.63, 3.8) is 0 Å². The molecule has 3 aliphatic heterocycles. The molecule has 3 heterocycles. The molecule has 3 aliphatic rings. The predicted molar refractivity (Wildman–Crippen MR) is 195 cm³/mol. The fourth-order valence-corrected chi connectivity index (χ4v) is 8.04. The molecular formula is C36H42KN4O9S2. The predicted octanol–water partition coefficient (Wildman–Crippen LogP) is 3.30. The Morgan fingerprint density at radius 1 is 0.885 bits per heavy atom. The van der Waals surface area contributed by atoms with Crippen molar-refractivity contribution in [2.75, 3.05) is 31.6 Å². The molecule has 273 valence electrons. The van der Waals surface area contributed by atoms with E-state index in [2.05, 4.69) is 10.2 Å². The smallest absolute Gasteiger partial charge is 0.294 e. The van der Waals surface area contributed by atoms with Gasteiger partial charge in [0.1, 0.15) is 17.2 Å². The van der Waals surface area contributed by atoms with Gasteiger partial charge < -0.3 is 14.8 Å². The van der Waals surface area contributed by atoms with Gasteiger partial charge in [0.25, 0.3) is 21.9 Å². The SMILES string of the molecule is C[N+]1=C(C=CC=C2N(CCCCCC(=O)NCCN3C(=O)C=CC3=O)c3ccc(S(=O)(=O)O)cc3C2(C)C)C(C)(C)c2cc(S(=O)(=O)[O-])ccc21.[K]. The first kappa shape index (κ1) is 41.9. The summed E-state index contributed by atoms with van der Waals surface area (Å²) >= 11 is 0. The number of amides is 3. The van der Waals surface area contributed by atoms with Crippen molar-refractivity contribution in [3.8, 4) is 0 Å². The van der Waals surface area contributed by atoms with E-state index in [4.69, 9.17) is 0 Å². The zero-order valence-electron chi connectivity index (χ0n) is 30.2. The molecule has 0 saturated heterocycles. The fraction of sp³-hybridized carbons (Fsp3) is 0.389. The number of carbonyl (C=O) groups is 3. The summed E-state index contributed by atoms with van der Waals surface area (Å²) in [5, 5.41) is 2.75. The van der Waals surface area contributed by atoms with E-state index in [1.54, 1.807) is 12.1 Å². The summed E-state index contributed by atoms with van der Waals surface area (Å²) in [5.41, 5.74) is 3.51. The molecule has 0 aliphatic carbocycles. The number of carbonyl (C=O) groups excluding carboxylic acids is 3. The summed E-state index contributed by atoms with van der Waals surface area (Å²) in [6.45, 7) is 8.70. The van der Waals surface area contributed by atoms with Gasteiger partial charge in [-0.3, -0.25) is 23.8 Å². The van der Waals surface area contributed by atoms with Crippen LogP contribution in [-0.4, -0.2) is 137 Å². The second kappa shape index (κ2) is 15.9. The molecule has 0 fully saturated rings. The minimum absolute atomic E-state index is 0. The molecule has 0 aromatic heterocycles. The molecule has 0 bridgehead atoms. The number of hydrogen-bond acceptors (Lipinski definition) is 9. The summed E-state index contributed by atoms with van der Waals surface area (Å²) in [5.74, 6) is -0.968. The van der Waals surface area contributed by atoms with Crippen LogP contribution < -0.4 is 10.2 Å². The number of nitrogens with one attached hydrogen (secondary N) is 1. The summed E-state index contributed by atoms with van der Waals surface area (Å²) in [7, 11) is -7.20. The van der Waals surface area contributed by atoms with Crippen LogP contribution in [0.15, 0.2) is 82.3 Å². The molecular weight excluding hydrogens is 736 g/mol. The molecule has 13 nitrogen and oxygen atoms in total. The third kappa shape index (κ3) is 8.60. The van der Waals surface area contributed by atoms with Gasteiger partial charge >= 0.3 is 0 Å². The van der Waals surface area contributed by atoms with Crippen LogP contribution in [0, 0.1) is 0 Å². The van der Waals surface area contributed by atoms with Crippen LogP contribution in [0.25, 0.3) is 0 Å². The first-order valence-corrected chi connectivity index (χ1v) is 19.4. The number of fused-ring (bicyclic) bond motifs is 2. The van der Waals surface area contributed by atoms with Crippen molar-refractivity contribution in [2.24, 2.45) is 0 Å². The molecule has 2 aromatic rings. The minimum atomic E-state index is -4.63. The van der Waals surface area contributed by atoms with E-state index in [0.717, 1.165) is 39.7 Å². The molecule has 0 atom stereocenters. The zero-order chi connectivity index (χ0) is 37.5.